The molecule has 2 fully saturated rings. The van der Waals surface area contributed by atoms with Gasteiger partial charge in [0.1, 0.15) is 0 Å². The minimum absolute atomic E-state index is 0.00646. The Hall–Kier alpha value is -2.08. The molecule has 0 aromatic heterocycles. The highest BCUT2D eigenvalue weighted by atomic mass is 16.5. The van der Waals surface area contributed by atoms with Crippen LogP contribution in [-0.2, 0) is 11.3 Å². The Balaban J connectivity index is 1.51. The van der Waals surface area contributed by atoms with E-state index in [2.05, 4.69) is 5.32 Å². The number of nitrogens with zero attached hydrogens (tertiary/aromatic N) is 2. The fourth-order valence-corrected chi connectivity index (χ4v) is 3.97. The van der Waals surface area contributed by atoms with Gasteiger partial charge < -0.3 is 19.9 Å². The molecule has 1 aromatic rings. The first-order valence-corrected chi connectivity index (χ1v) is 10.1. The number of likely N-dealkylation sites (tertiary alicyclic amines) is 2. The molecule has 6 nitrogen and oxygen atoms in total. The highest BCUT2D eigenvalue weighted by Crippen LogP contribution is 2.20. The lowest BCUT2D eigenvalue weighted by Gasteiger charge is -2.35. The average molecular weight is 373 g/mol. The largest absolute Gasteiger partial charge is 0.385 e. The van der Waals surface area contributed by atoms with Crippen LogP contribution in [0.4, 0.5) is 4.79 Å². The van der Waals surface area contributed by atoms with Crippen LogP contribution in [0.5, 0.6) is 0 Å². The third-order valence-electron chi connectivity index (χ3n) is 5.58. The zero-order valence-corrected chi connectivity index (χ0v) is 16.3. The maximum atomic E-state index is 12.6. The number of hydrogen-bond donors (Lipinski definition) is 1. The molecule has 2 saturated heterocycles. The molecule has 3 amide bonds. The van der Waals surface area contributed by atoms with Crippen molar-refractivity contribution in [2.45, 2.75) is 51.1 Å². The Morgan fingerprint density at radius 1 is 1.07 bits per heavy atom. The maximum Gasteiger partial charge on any atom is 0.317 e. The quantitative estimate of drug-likeness (QED) is 0.834. The molecule has 1 atom stereocenters. The van der Waals surface area contributed by atoms with Gasteiger partial charge in [-0.15, -0.1) is 0 Å². The molecular formula is C21H31N3O3. The minimum Gasteiger partial charge on any atom is -0.385 e. The number of hydrogen-bond acceptors (Lipinski definition) is 3. The van der Waals surface area contributed by atoms with Crippen molar-refractivity contribution in [2.75, 3.05) is 33.4 Å². The molecule has 3 rings (SSSR count). The van der Waals surface area contributed by atoms with E-state index in [0.717, 1.165) is 62.9 Å². The molecule has 1 aromatic carbocycles. The standard InChI is InChI=1S/C21H31N3O3/c1-27-15-11-19-6-2-3-14-24(19)21(26)22-16-17-7-9-18(10-8-17)20(25)23-12-4-5-13-23/h7-10,19H,2-6,11-16H2,1H3,(H,22,26)/t19-/m0/s1. The summed E-state index contributed by atoms with van der Waals surface area (Å²) in [6.07, 6.45) is 6.35. The second-order valence-corrected chi connectivity index (χ2v) is 7.48. The highest BCUT2D eigenvalue weighted by Gasteiger charge is 2.26. The Morgan fingerprint density at radius 3 is 2.48 bits per heavy atom. The van der Waals surface area contributed by atoms with Crippen LogP contribution in [-0.4, -0.2) is 61.1 Å². The SMILES string of the molecule is COCC[C@@H]1CCCCN1C(=O)NCc1ccc(C(=O)N2CCCC2)cc1. The zero-order valence-electron chi connectivity index (χ0n) is 16.3. The number of carbonyl (C=O) groups is 2. The molecule has 0 spiro atoms. The topological polar surface area (TPSA) is 61.9 Å². The van der Waals surface area contributed by atoms with Gasteiger partial charge in [-0.1, -0.05) is 12.1 Å². The van der Waals surface area contributed by atoms with E-state index in [1.165, 1.54) is 6.42 Å². The molecule has 0 aliphatic carbocycles. The van der Waals surface area contributed by atoms with Gasteiger partial charge in [-0.2, -0.15) is 0 Å². The summed E-state index contributed by atoms with van der Waals surface area (Å²) in [5, 5.41) is 3.03. The predicted molar refractivity (Wildman–Crippen MR) is 105 cm³/mol. The molecule has 27 heavy (non-hydrogen) atoms. The van der Waals surface area contributed by atoms with Crippen molar-refractivity contribution in [3.8, 4) is 0 Å². The van der Waals surface area contributed by atoms with Crippen molar-refractivity contribution in [3.63, 3.8) is 0 Å². The van der Waals surface area contributed by atoms with E-state index in [-0.39, 0.29) is 18.0 Å². The van der Waals surface area contributed by atoms with E-state index in [9.17, 15) is 9.59 Å². The van der Waals surface area contributed by atoms with E-state index in [1.807, 2.05) is 34.1 Å². The average Bonchev–Trinajstić information content (AvgIpc) is 3.25. The number of amides is 3. The summed E-state index contributed by atoms with van der Waals surface area (Å²) in [6, 6.07) is 7.85. The van der Waals surface area contributed by atoms with Crippen LogP contribution in [0.3, 0.4) is 0 Å². The van der Waals surface area contributed by atoms with Crippen LogP contribution < -0.4 is 5.32 Å². The normalized spacial score (nSPS) is 20.0. The van der Waals surface area contributed by atoms with Crippen molar-refractivity contribution in [1.82, 2.24) is 15.1 Å². The van der Waals surface area contributed by atoms with Crippen LogP contribution in [0.25, 0.3) is 0 Å². The van der Waals surface area contributed by atoms with Crippen molar-refractivity contribution < 1.29 is 14.3 Å². The van der Waals surface area contributed by atoms with Crippen LogP contribution in [0.1, 0.15) is 54.4 Å². The molecule has 0 unspecified atom stereocenters. The lowest BCUT2D eigenvalue weighted by molar-refractivity contribution is 0.0792. The molecule has 6 heteroatoms. The van der Waals surface area contributed by atoms with Crippen molar-refractivity contribution in [3.05, 3.63) is 35.4 Å². The second kappa shape index (κ2) is 9.74. The van der Waals surface area contributed by atoms with E-state index >= 15 is 0 Å². The fraction of sp³-hybridized carbons (Fsp3) is 0.619. The first kappa shape index (κ1) is 19.7. The number of ether oxygens (including phenoxy) is 1. The number of piperidine rings is 1. The van der Waals surface area contributed by atoms with Gasteiger partial charge in [-0.05, 0) is 56.2 Å². The Morgan fingerprint density at radius 2 is 1.78 bits per heavy atom. The highest BCUT2D eigenvalue weighted by molar-refractivity contribution is 5.94. The molecule has 0 saturated carbocycles. The maximum absolute atomic E-state index is 12.6. The summed E-state index contributed by atoms with van der Waals surface area (Å²) in [6.45, 7) is 3.68. The monoisotopic (exact) mass is 373 g/mol. The van der Waals surface area contributed by atoms with Crippen LogP contribution >= 0.6 is 0 Å². The number of carbonyl (C=O) groups excluding carboxylic acids is 2. The molecule has 1 N–H and O–H groups in total. The molecule has 0 radical (unpaired) electrons. The summed E-state index contributed by atoms with van der Waals surface area (Å²) >= 11 is 0. The third-order valence-corrected chi connectivity index (χ3v) is 5.58. The van der Waals surface area contributed by atoms with Gasteiger partial charge in [-0.25, -0.2) is 4.79 Å². The summed E-state index contributed by atoms with van der Waals surface area (Å²) in [5.74, 6) is 0.109. The van der Waals surface area contributed by atoms with Gasteiger partial charge in [-0.3, -0.25) is 4.79 Å². The number of benzene rings is 1. The van der Waals surface area contributed by atoms with Gasteiger partial charge in [0.15, 0.2) is 0 Å². The number of rotatable bonds is 6. The van der Waals surface area contributed by atoms with Gasteiger partial charge in [0.2, 0.25) is 0 Å². The van der Waals surface area contributed by atoms with Gasteiger partial charge >= 0.3 is 6.03 Å². The fourth-order valence-electron chi connectivity index (χ4n) is 3.97. The first-order chi connectivity index (χ1) is 13.2. The second-order valence-electron chi connectivity index (χ2n) is 7.48. The molecule has 2 heterocycles. The van der Waals surface area contributed by atoms with Gasteiger partial charge in [0, 0.05) is 51.5 Å². The lowest BCUT2D eigenvalue weighted by atomic mass is 10.00. The summed E-state index contributed by atoms with van der Waals surface area (Å²) in [4.78, 5) is 28.9. The predicted octanol–water partition coefficient (Wildman–Crippen LogP) is 3.02. The number of urea groups is 1. The molecule has 2 aliphatic rings. The first-order valence-electron chi connectivity index (χ1n) is 10.1. The summed E-state index contributed by atoms with van der Waals surface area (Å²) in [7, 11) is 1.70. The van der Waals surface area contributed by atoms with E-state index in [1.54, 1.807) is 7.11 Å². The molecule has 0 bridgehead atoms. The van der Waals surface area contributed by atoms with Crippen LogP contribution in [0.2, 0.25) is 0 Å². The van der Waals surface area contributed by atoms with Crippen molar-refractivity contribution in [2.24, 2.45) is 0 Å². The van der Waals surface area contributed by atoms with Gasteiger partial charge in [0.25, 0.3) is 5.91 Å². The third kappa shape index (κ3) is 5.22. The van der Waals surface area contributed by atoms with Crippen molar-refractivity contribution in [1.29, 1.82) is 0 Å². The Bertz CT molecular complexity index is 626. The Labute approximate surface area is 161 Å². The lowest BCUT2D eigenvalue weighted by Crippen LogP contribution is -2.48. The van der Waals surface area contributed by atoms with E-state index in [0.29, 0.717) is 13.2 Å². The number of nitrogens with one attached hydrogen (secondary N) is 1. The van der Waals surface area contributed by atoms with E-state index < -0.39 is 0 Å². The van der Waals surface area contributed by atoms with Crippen molar-refractivity contribution >= 4 is 11.9 Å². The van der Waals surface area contributed by atoms with Gasteiger partial charge in [0.05, 0.1) is 0 Å². The smallest absolute Gasteiger partial charge is 0.317 e. The van der Waals surface area contributed by atoms with Crippen LogP contribution in [0.15, 0.2) is 24.3 Å². The van der Waals surface area contributed by atoms with E-state index in [4.69, 9.17) is 4.74 Å². The molecule has 148 valence electrons. The summed E-state index contributed by atoms with van der Waals surface area (Å²) in [5.41, 5.74) is 1.73. The Kier molecular flexibility index (Phi) is 7.10. The van der Waals surface area contributed by atoms with Crippen LogP contribution in [0, 0.1) is 0 Å². The number of methoxy groups -OCH3 is 1. The minimum atomic E-state index is -0.00646. The molecular weight excluding hydrogens is 342 g/mol. The summed E-state index contributed by atoms with van der Waals surface area (Å²) < 4.78 is 5.18. The zero-order chi connectivity index (χ0) is 19.1. The molecule has 2 aliphatic heterocycles.